The summed E-state index contributed by atoms with van der Waals surface area (Å²) in [6.45, 7) is 10.9. The van der Waals surface area contributed by atoms with Crippen molar-refractivity contribution in [2.75, 3.05) is 12.3 Å². The predicted octanol–water partition coefficient (Wildman–Crippen LogP) is 7.47. The minimum atomic E-state index is -0.592. The molecule has 0 atom stereocenters. The van der Waals surface area contributed by atoms with E-state index >= 15 is 0 Å². The zero-order valence-corrected chi connectivity index (χ0v) is 19.3. The van der Waals surface area contributed by atoms with Gasteiger partial charge in [0.2, 0.25) is 0 Å². The van der Waals surface area contributed by atoms with Gasteiger partial charge in [-0.2, -0.15) is 0 Å². The van der Waals surface area contributed by atoms with Crippen LogP contribution in [0.4, 0.5) is 0 Å². The molecule has 0 fully saturated rings. The second-order valence-electron chi connectivity index (χ2n) is 5.78. The third-order valence-electron chi connectivity index (χ3n) is 3.28. The van der Waals surface area contributed by atoms with Gasteiger partial charge in [0.25, 0.3) is 0 Å². The number of aryl methyl sites for hydroxylation is 1. The van der Waals surface area contributed by atoms with Gasteiger partial charge in [-0.1, -0.05) is 70.4 Å². The van der Waals surface area contributed by atoms with Crippen molar-refractivity contribution in [3.8, 4) is 0 Å². The first-order valence-electron chi connectivity index (χ1n) is 8.28. The Balaban J connectivity index is 0. The van der Waals surface area contributed by atoms with Crippen LogP contribution < -0.4 is 0 Å². The van der Waals surface area contributed by atoms with Gasteiger partial charge in [-0.3, -0.25) is 0 Å². The fraction of sp³-hybridized carbons (Fsp3) is 0.667. The van der Waals surface area contributed by atoms with Crippen LogP contribution in [-0.2, 0) is 15.1 Å². The summed E-state index contributed by atoms with van der Waals surface area (Å²) in [4.78, 5) is 9.38. The van der Waals surface area contributed by atoms with Crippen molar-refractivity contribution in [1.29, 1.82) is 0 Å². The average Bonchev–Trinajstić information content (AvgIpc) is 2.52. The number of unbranched alkanes of at least 4 members (excludes halogenated alkanes) is 2. The fourth-order valence-corrected chi connectivity index (χ4v) is 3.33. The Bertz CT molecular complexity index is 339. The summed E-state index contributed by atoms with van der Waals surface area (Å²) in [5.41, 5.74) is 2.76. The molecule has 0 amide bonds. The molecule has 138 valence electrons. The molecule has 1 aromatic carbocycles. The van der Waals surface area contributed by atoms with E-state index in [-0.39, 0.29) is 15.1 Å². The van der Waals surface area contributed by atoms with Crippen molar-refractivity contribution in [3.63, 3.8) is 0 Å². The fourth-order valence-electron chi connectivity index (χ4n) is 1.74. The summed E-state index contributed by atoms with van der Waals surface area (Å²) in [5.74, 6) is 0.653. The van der Waals surface area contributed by atoms with E-state index in [4.69, 9.17) is 19.4 Å². The summed E-state index contributed by atoms with van der Waals surface area (Å²) in [5, 5.41) is 0. The summed E-state index contributed by atoms with van der Waals surface area (Å²) >= 11 is -0.346. The van der Waals surface area contributed by atoms with Crippen molar-refractivity contribution < 1.29 is 20.0 Å². The van der Waals surface area contributed by atoms with E-state index in [1.54, 1.807) is 0 Å². The molecule has 0 radical (unpaired) electrons. The van der Waals surface area contributed by atoms with Crippen LogP contribution in [0.5, 0.6) is 0 Å². The van der Waals surface area contributed by atoms with Crippen LogP contribution in [-0.4, -0.2) is 17.2 Å². The first-order valence-corrected chi connectivity index (χ1v) is 14.4. The SMILES string of the molecule is CCCCP(O)CCCC.Cc1ccc(C(C)C)cc1.[Cl][Ru][Cl]. The Morgan fingerprint density at radius 1 is 1.00 bits per heavy atom. The van der Waals surface area contributed by atoms with Gasteiger partial charge >= 0.3 is 34.5 Å². The van der Waals surface area contributed by atoms with Crippen LogP contribution in [0.15, 0.2) is 24.3 Å². The molecule has 1 aromatic rings. The van der Waals surface area contributed by atoms with Gasteiger partial charge in [-0.05, 0) is 43.6 Å². The molecule has 0 aliphatic rings. The number of hydrogen-bond acceptors (Lipinski definition) is 1. The molecule has 0 saturated heterocycles. The van der Waals surface area contributed by atoms with Crippen molar-refractivity contribution in [1.82, 2.24) is 0 Å². The minimum absolute atomic E-state index is 0.346. The maximum absolute atomic E-state index is 9.38. The first-order chi connectivity index (χ1) is 10.9. The standard InChI is InChI=1S/C10H14.C8H19OP.2ClH.Ru/c1-8(2)10-6-4-9(3)5-7-10;1-3-5-7-10(9)8-6-4-2;;;/h4-8H,1-3H3;9H,3-8H2,1-2H3;2*1H;/q;;;;+2/p-2. The molecular weight excluding hydrogens is 435 g/mol. The van der Waals surface area contributed by atoms with Gasteiger partial charge in [0.1, 0.15) is 0 Å². The number of hydrogen-bond donors (Lipinski definition) is 1. The molecule has 23 heavy (non-hydrogen) atoms. The predicted molar refractivity (Wildman–Crippen MR) is 106 cm³/mol. The molecule has 0 unspecified atom stereocenters. The summed E-state index contributed by atoms with van der Waals surface area (Å²) < 4.78 is 0. The molecule has 1 nitrogen and oxygen atoms in total. The van der Waals surface area contributed by atoms with Gasteiger partial charge in [0.15, 0.2) is 0 Å². The molecule has 5 heteroatoms. The third kappa shape index (κ3) is 19.0. The third-order valence-corrected chi connectivity index (χ3v) is 4.95. The maximum atomic E-state index is 9.38. The molecule has 0 saturated carbocycles. The van der Waals surface area contributed by atoms with E-state index in [0.29, 0.717) is 5.92 Å². The van der Waals surface area contributed by atoms with Gasteiger partial charge in [-0.25, -0.2) is 0 Å². The molecule has 0 aromatic heterocycles. The monoisotopic (exact) mass is 468 g/mol. The zero-order valence-electron chi connectivity index (χ0n) is 15.1. The molecular formula is C18H33Cl2OPRu. The van der Waals surface area contributed by atoms with E-state index in [9.17, 15) is 4.89 Å². The summed E-state index contributed by atoms with van der Waals surface area (Å²) in [6.07, 6.45) is 6.95. The molecule has 0 heterocycles. The van der Waals surface area contributed by atoms with Gasteiger partial charge in [-0.15, -0.1) is 0 Å². The molecule has 0 spiro atoms. The average molecular weight is 468 g/mol. The van der Waals surface area contributed by atoms with Crippen LogP contribution in [0.2, 0.25) is 0 Å². The Kier molecular flexibility index (Phi) is 21.7. The van der Waals surface area contributed by atoms with E-state index in [1.807, 2.05) is 0 Å². The Hall–Kier alpha value is 0.813. The van der Waals surface area contributed by atoms with Crippen LogP contribution >= 0.6 is 27.5 Å². The zero-order chi connectivity index (χ0) is 18.1. The normalized spacial score (nSPS) is 10.2. The van der Waals surface area contributed by atoms with Gasteiger partial charge < -0.3 is 4.89 Å². The topological polar surface area (TPSA) is 20.2 Å². The van der Waals surface area contributed by atoms with Crippen LogP contribution in [0, 0.1) is 6.92 Å². The van der Waals surface area contributed by atoms with Crippen molar-refractivity contribution in [2.45, 2.75) is 66.2 Å². The van der Waals surface area contributed by atoms with Crippen molar-refractivity contribution >= 4 is 27.5 Å². The Labute approximate surface area is 161 Å². The number of rotatable bonds is 7. The summed E-state index contributed by atoms with van der Waals surface area (Å²) in [7, 11) is 9.12. The van der Waals surface area contributed by atoms with E-state index in [2.05, 4.69) is 58.9 Å². The second kappa shape index (κ2) is 19.1. The number of benzene rings is 1. The molecule has 1 N–H and O–H groups in total. The summed E-state index contributed by atoms with van der Waals surface area (Å²) in [6, 6.07) is 8.71. The Morgan fingerprint density at radius 3 is 1.70 bits per heavy atom. The van der Waals surface area contributed by atoms with Gasteiger partial charge in [0.05, 0.1) is 0 Å². The van der Waals surface area contributed by atoms with Crippen LogP contribution in [0.25, 0.3) is 0 Å². The van der Waals surface area contributed by atoms with Gasteiger partial charge in [0, 0.05) is 8.15 Å². The van der Waals surface area contributed by atoms with Crippen molar-refractivity contribution in [2.24, 2.45) is 0 Å². The number of halogens is 2. The van der Waals surface area contributed by atoms with E-state index in [1.165, 1.54) is 36.8 Å². The second-order valence-corrected chi connectivity index (χ2v) is 10.3. The van der Waals surface area contributed by atoms with Crippen LogP contribution in [0.1, 0.15) is 70.4 Å². The van der Waals surface area contributed by atoms with E-state index in [0.717, 1.165) is 12.3 Å². The molecule has 1 rings (SSSR count). The quantitative estimate of drug-likeness (QED) is 0.325. The van der Waals surface area contributed by atoms with Crippen molar-refractivity contribution in [3.05, 3.63) is 35.4 Å². The first kappa shape index (κ1) is 26.0. The molecule has 0 aliphatic carbocycles. The Morgan fingerprint density at radius 2 is 1.39 bits per heavy atom. The molecule has 0 bridgehead atoms. The van der Waals surface area contributed by atoms with Crippen LogP contribution in [0.3, 0.4) is 0 Å². The molecule has 0 aliphatic heterocycles. The van der Waals surface area contributed by atoms with E-state index < -0.39 is 8.15 Å².